The van der Waals surface area contributed by atoms with E-state index in [1.54, 1.807) is 0 Å². The Kier molecular flexibility index (Phi) is 8.61. The van der Waals surface area contributed by atoms with E-state index in [1.807, 2.05) is 6.92 Å². The van der Waals surface area contributed by atoms with E-state index in [4.69, 9.17) is 0 Å². The van der Waals surface area contributed by atoms with Gasteiger partial charge >= 0.3 is 0 Å². The third-order valence-corrected chi connectivity index (χ3v) is 2.31. The van der Waals surface area contributed by atoms with Gasteiger partial charge in [-0.3, -0.25) is 4.79 Å². The molecule has 82 valence electrons. The Morgan fingerprint density at radius 3 is 2.21 bits per heavy atom. The van der Waals surface area contributed by atoms with Gasteiger partial charge in [0.1, 0.15) is 5.78 Å². The fraction of sp³-hybridized carbons (Fsp3) is 0.769. The van der Waals surface area contributed by atoms with Crippen molar-refractivity contribution < 1.29 is 4.79 Å². The highest BCUT2D eigenvalue weighted by Gasteiger charge is 2.01. The van der Waals surface area contributed by atoms with Gasteiger partial charge in [0, 0.05) is 12.8 Å². The highest BCUT2D eigenvalue weighted by molar-refractivity contribution is 5.80. The van der Waals surface area contributed by atoms with E-state index in [9.17, 15) is 4.79 Å². The first-order valence-electron chi connectivity index (χ1n) is 5.83. The largest absolute Gasteiger partial charge is 0.299 e. The van der Waals surface area contributed by atoms with Crippen molar-refractivity contribution in [1.82, 2.24) is 0 Å². The molecule has 0 spiro atoms. The molecule has 1 nitrogen and oxygen atoms in total. The summed E-state index contributed by atoms with van der Waals surface area (Å²) >= 11 is 0. The molecule has 0 unspecified atom stereocenters. The minimum absolute atomic E-state index is 0.355. The maximum absolute atomic E-state index is 11.3. The predicted molar refractivity (Wildman–Crippen MR) is 62.4 cm³/mol. The zero-order valence-corrected chi connectivity index (χ0v) is 9.77. The number of hydrogen-bond acceptors (Lipinski definition) is 1. The molecule has 0 rings (SSSR count). The average molecular weight is 196 g/mol. The summed E-state index contributed by atoms with van der Waals surface area (Å²) in [6, 6.07) is 0. The quantitative estimate of drug-likeness (QED) is 0.397. The number of unbranched alkanes of at least 4 members (excludes halogenated alkanes) is 5. The Balaban J connectivity index is 3.19. The first-order valence-corrected chi connectivity index (χ1v) is 5.83. The van der Waals surface area contributed by atoms with Gasteiger partial charge in [-0.05, 0) is 13.3 Å². The van der Waals surface area contributed by atoms with Crippen molar-refractivity contribution in [3.63, 3.8) is 0 Å². The lowest BCUT2D eigenvalue weighted by Gasteiger charge is -2.00. The van der Waals surface area contributed by atoms with E-state index in [2.05, 4.69) is 13.5 Å². The maximum Gasteiger partial charge on any atom is 0.136 e. The van der Waals surface area contributed by atoms with Gasteiger partial charge in [-0.1, -0.05) is 51.2 Å². The normalized spacial score (nSPS) is 10.1. The second-order valence-electron chi connectivity index (χ2n) is 4.19. The van der Waals surface area contributed by atoms with E-state index in [0.29, 0.717) is 12.2 Å². The molecule has 0 radical (unpaired) electrons. The smallest absolute Gasteiger partial charge is 0.136 e. The average Bonchev–Trinajstić information content (AvgIpc) is 2.10. The highest BCUT2D eigenvalue weighted by Crippen LogP contribution is 2.09. The van der Waals surface area contributed by atoms with Crippen molar-refractivity contribution in [2.75, 3.05) is 0 Å². The number of rotatable bonds is 9. The molecule has 0 aromatic carbocycles. The topological polar surface area (TPSA) is 17.1 Å². The number of ketones is 1. The van der Waals surface area contributed by atoms with Gasteiger partial charge in [-0.2, -0.15) is 0 Å². The van der Waals surface area contributed by atoms with Gasteiger partial charge in [0.2, 0.25) is 0 Å². The van der Waals surface area contributed by atoms with Gasteiger partial charge in [-0.25, -0.2) is 0 Å². The van der Waals surface area contributed by atoms with Crippen molar-refractivity contribution in [2.45, 2.75) is 65.2 Å². The Morgan fingerprint density at radius 1 is 1.07 bits per heavy atom. The Morgan fingerprint density at radius 2 is 1.64 bits per heavy atom. The van der Waals surface area contributed by atoms with Crippen LogP contribution in [0.3, 0.4) is 0 Å². The Labute approximate surface area is 88.6 Å². The molecule has 0 aromatic rings. The molecule has 0 N–H and O–H groups in total. The van der Waals surface area contributed by atoms with E-state index in [-0.39, 0.29) is 0 Å². The fourth-order valence-electron chi connectivity index (χ4n) is 1.53. The van der Waals surface area contributed by atoms with Crippen molar-refractivity contribution >= 4 is 5.78 Å². The summed E-state index contributed by atoms with van der Waals surface area (Å²) in [6.45, 7) is 7.88. The summed E-state index contributed by atoms with van der Waals surface area (Å²) in [6.07, 6.45) is 8.83. The molecule has 0 amide bonds. The number of allylic oxidation sites excluding steroid dienone is 1. The lowest BCUT2D eigenvalue weighted by Crippen LogP contribution is -1.97. The number of carbonyl (C=O) groups excluding carboxylic acids is 1. The van der Waals surface area contributed by atoms with Crippen LogP contribution in [0.4, 0.5) is 0 Å². The van der Waals surface area contributed by atoms with Crippen LogP contribution in [0.1, 0.15) is 65.2 Å². The molecular weight excluding hydrogens is 172 g/mol. The van der Waals surface area contributed by atoms with Crippen LogP contribution in [0.25, 0.3) is 0 Å². The van der Waals surface area contributed by atoms with Crippen LogP contribution in [-0.4, -0.2) is 5.78 Å². The van der Waals surface area contributed by atoms with E-state index in [1.165, 1.54) is 32.1 Å². The minimum atomic E-state index is 0.355. The predicted octanol–water partition coefficient (Wildman–Crippen LogP) is 4.27. The summed E-state index contributed by atoms with van der Waals surface area (Å²) < 4.78 is 0. The summed E-state index contributed by atoms with van der Waals surface area (Å²) in [5, 5.41) is 0. The standard InChI is InChI=1S/C13H24O/c1-4-5-6-7-8-9-10-13(14)11-12(2)3/h2,4-11H2,1,3H3. The van der Waals surface area contributed by atoms with Crippen LogP contribution in [0.5, 0.6) is 0 Å². The van der Waals surface area contributed by atoms with Crippen LogP contribution >= 0.6 is 0 Å². The van der Waals surface area contributed by atoms with Gasteiger partial charge in [-0.15, -0.1) is 0 Å². The third kappa shape index (κ3) is 9.50. The van der Waals surface area contributed by atoms with Crippen LogP contribution in [0.15, 0.2) is 12.2 Å². The monoisotopic (exact) mass is 196 g/mol. The van der Waals surface area contributed by atoms with Crippen molar-refractivity contribution in [1.29, 1.82) is 0 Å². The van der Waals surface area contributed by atoms with Crippen molar-refractivity contribution in [3.05, 3.63) is 12.2 Å². The van der Waals surface area contributed by atoms with E-state index < -0.39 is 0 Å². The van der Waals surface area contributed by atoms with Crippen molar-refractivity contribution in [3.8, 4) is 0 Å². The van der Waals surface area contributed by atoms with Crippen LogP contribution in [0.2, 0.25) is 0 Å². The van der Waals surface area contributed by atoms with Gasteiger partial charge in [0.25, 0.3) is 0 Å². The second-order valence-corrected chi connectivity index (χ2v) is 4.19. The summed E-state index contributed by atoms with van der Waals surface area (Å²) in [7, 11) is 0. The van der Waals surface area contributed by atoms with Crippen LogP contribution in [0, 0.1) is 0 Å². The molecule has 0 atom stereocenters. The lowest BCUT2D eigenvalue weighted by molar-refractivity contribution is -0.118. The van der Waals surface area contributed by atoms with Gasteiger partial charge in [0.15, 0.2) is 0 Å². The van der Waals surface area contributed by atoms with Crippen LogP contribution in [-0.2, 0) is 4.79 Å². The number of Topliss-reactive ketones (excluding diaryl/α,β-unsaturated/α-hetero) is 1. The second kappa shape index (κ2) is 8.98. The number of hydrogen-bond donors (Lipinski definition) is 0. The Hall–Kier alpha value is -0.590. The van der Waals surface area contributed by atoms with Gasteiger partial charge < -0.3 is 0 Å². The minimum Gasteiger partial charge on any atom is -0.299 e. The first kappa shape index (κ1) is 13.4. The first-order chi connectivity index (χ1) is 6.66. The third-order valence-electron chi connectivity index (χ3n) is 2.31. The number of carbonyl (C=O) groups is 1. The summed E-state index contributed by atoms with van der Waals surface area (Å²) in [5.74, 6) is 0.355. The maximum atomic E-state index is 11.3. The molecule has 0 aliphatic rings. The Bertz CT molecular complexity index is 170. The van der Waals surface area contributed by atoms with E-state index >= 15 is 0 Å². The molecule has 1 heteroatoms. The van der Waals surface area contributed by atoms with Crippen LogP contribution < -0.4 is 0 Å². The van der Waals surface area contributed by atoms with E-state index in [0.717, 1.165) is 18.4 Å². The molecule has 0 bridgehead atoms. The highest BCUT2D eigenvalue weighted by atomic mass is 16.1. The zero-order valence-electron chi connectivity index (χ0n) is 9.77. The molecule has 0 fully saturated rings. The fourth-order valence-corrected chi connectivity index (χ4v) is 1.53. The molecule has 0 aliphatic heterocycles. The molecule has 0 aromatic heterocycles. The molecule has 0 saturated heterocycles. The molecule has 0 heterocycles. The lowest BCUT2D eigenvalue weighted by atomic mass is 10.0. The molecular formula is C13H24O. The zero-order chi connectivity index (χ0) is 10.8. The van der Waals surface area contributed by atoms with Gasteiger partial charge in [0.05, 0.1) is 0 Å². The molecule has 0 aliphatic carbocycles. The molecule has 14 heavy (non-hydrogen) atoms. The van der Waals surface area contributed by atoms with Crippen molar-refractivity contribution in [2.24, 2.45) is 0 Å². The summed E-state index contributed by atoms with van der Waals surface area (Å²) in [5.41, 5.74) is 0.987. The SMILES string of the molecule is C=C(C)CC(=O)CCCCCCCC. The molecule has 0 saturated carbocycles. The summed E-state index contributed by atoms with van der Waals surface area (Å²) in [4.78, 5) is 11.3.